The average molecular weight is 288 g/mol. The predicted octanol–water partition coefficient (Wildman–Crippen LogP) is 4.75. The summed E-state index contributed by atoms with van der Waals surface area (Å²) in [6, 6.07) is 9.34. The molecule has 2 rings (SSSR count). The number of aryl methyl sites for hydroxylation is 1. The molecule has 1 atom stereocenters. The van der Waals surface area contributed by atoms with Gasteiger partial charge < -0.3 is 0 Å². The highest BCUT2D eigenvalue weighted by Gasteiger charge is 2.27. The second kappa shape index (κ2) is 8.55. The maximum atomic E-state index is 5.90. The highest BCUT2D eigenvalue weighted by Crippen LogP contribution is 2.38. The van der Waals surface area contributed by atoms with Crippen molar-refractivity contribution in [3.63, 3.8) is 0 Å². The third-order valence-corrected chi connectivity index (χ3v) is 5.09. The van der Waals surface area contributed by atoms with Crippen LogP contribution in [0.2, 0.25) is 0 Å². The Bertz CT molecular complexity index is 408. The molecule has 1 fully saturated rings. The van der Waals surface area contributed by atoms with Gasteiger partial charge in [0.05, 0.1) is 0 Å². The van der Waals surface area contributed by atoms with Crippen LogP contribution in [0.15, 0.2) is 24.3 Å². The fourth-order valence-electron chi connectivity index (χ4n) is 3.95. The molecule has 0 radical (unpaired) electrons. The third-order valence-electron chi connectivity index (χ3n) is 5.09. The molecular weight excluding hydrogens is 256 g/mol. The number of nitrogens with two attached hydrogens (primary N) is 1. The first-order valence-corrected chi connectivity index (χ1v) is 8.83. The molecule has 2 heteroatoms. The van der Waals surface area contributed by atoms with E-state index in [0.29, 0.717) is 12.0 Å². The molecule has 2 nitrogen and oxygen atoms in total. The van der Waals surface area contributed by atoms with E-state index in [1.54, 1.807) is 0 Å². The lowest BCUT2D eigenvalue weighted by atomic mass is 9.75. The summed E-state index contributed by atoms with van der Waals surface area (Å²) in [7, 11) is 0. The van der Waals surface area contributed by atoms with Crippen LogP contribution >= 0.6 is 0 Å². The van der Waals surface area contributed by atoms with Gasteiger partial charge in [0.1, 0.15) is 0 Å². The summed E-state index contributed by atoms with van der Waals surface area (Å²) in [4.78, 5) is 0. The van der Waals surface area contributed by atoms with Crippen LogP contribution in [0.5, 0.6) is 0 Å². The van der Waals surface area contributed by atoms with Gasteiger partial charge in [0.2, 0.25) is 0 Å². The quantitative estimate of drug-likeness (QED) is 0.561. The maximum absolute atomic E-state index is 5.90. The van der Waals surface area contributed by atoms with Gasteiger partial charge in [-0.05, 0) is 42.2 Å². The Kier molecular flexibility index (Phi) is 6.72. The number of rotatable bonds is 7. The zero-order chi connectivity index (χ0) is 15.1. The van der Waals surface area contributed by atoms with Crippen molar-refractivity contribution < 1.29 is 0 Å². The molecule has 1 aliphatic rings. The molecule has 0 amide bonds. The van der Waals surface area contributed by atoms with Crippen molar-refractivity contribution in [3.8, 4) is 0 Å². The Labute approximate surface area is 130 Å². The third kappa shape index (κ3) is 4.55. The van der Waals surface area contributed by atoms with Crippen LogP contribution in [0.4, 0.5) is 0 Å². The summed E-state index contributed by atoms with van der Waals surface area (Å²) in [6.45, 7) is 4.54. The van der Waals surface area contributed by atoms with E-state index in [-0.39, 0.29) is 0 Å². The van der Waals surface area contributed by atoms with Crippen molar-refractivity contribution in [2.75, 3.05) is 0 Å². The zero-order valence-corrected chi connectivity index (χ0v) is 13.8. The molecule has 0 saturated heterocycles. The second-order valence-electron chi connectivity index (χ2n) is 6.71. The Morgan fingerprint density at radius 3 is 2.52 bits per heavy atom. The van der Waals surface area contributed by atoms with Crippen molar-refractivity contribution in [3.05, 3.63) is 35.4 Å². The second-order valence-corrected chi connectivity index (χ2v) is 6.71. The molecule has 0 spiro atoms. The van der Waals surface area contributed by atoms with Crippen LogP contribution in [0.25, 0.3) is 0 Å². The molecule has 0 aromatic heterocycles. The molecule has 1 unspecified atom stereocenters. The summed E-state index contributed by atoms with van der Waals surface area (Å²) < 4.78 is 0. The molecule has 0 aliphatic heterocycles. The minimum atomic E-state index is 0.324. The van der Waals surface area contributed by atoms with E-state index in [1.165, 1.54) is 56.1 Å². The molecule has 1 aromatic carbocycles. The molecule has 1 aliphatic carbocycles. The standard InChI is InChI=1S/C19H32N2/c1-3-6-15-10-12-17(13-11-15)19(21-20)18-9-5-8-16(14-18)7-4-2/h5,8-9,14-15,17,19,21H,3-4,6-7,10-13,20H2,1-2H3. The van der Waals surface area contributed by atoms with E-state index in [2.05, 4.69) is 43.5 Å². The van der Waals surface area contributed by atoms with E-state index in [4.69, 9.17) is 5.84 Å². The smallest absolute Gasteiger partial charge is 0.0488 e. The Morgan fingerprint density at radius 1 is 1.14 bits per heavy atom. The molecular formula is C19H32N2. The fraction of sp³-hybridized carbons (Fsp3) is 0.684. The van der Waals surface area contributed by atoms with Crippen LogP contribution in [0.1, 0.15) is 76.0 Å². The van der Waals surface area contributed by atoms with Gasteiger partial charge in [0, 0.05) is 6.04 Å². The summed E-state index contributed by atoms with van der Waals surface area (Å²) in [6.07, 6.45) is 10.5. The first-order chi connectivity index (χ1) is 10.3. The monoisotopic (exact) mass is 288 g/mol. The number of hydrazine groups is 1. The van der Waals surface area contributed by atoms with Crippen molar-refractivity contribution in [2.24, 2.45) is 17.7 Å². The molecule has 0 heterocycles. The van der Waals surface area contributed by atoms with E-state index in [1.807, 2.05) is 0 Å². The minimum Gasteiger partial charge on any atom is -0.271 e. The summed E-state index contributed by atoms with van der Waals surface area (Å²) in [5, 5.41) is 0. The van der Waals surface area contributed by atoms with Gasteiger partial charge in [-0.1, -0.05) is 70.2 Å². The van der Waals surface area contributed by atoms with Crippen LogP contribution in [0.3, 0.4) is 0 Å². The number of hydrogen-bond donors (Lipinski definition) is 2. The van der Waals surface area contributed by atoms with Crippen molar-refractivity contribution in [1.29, 1.82) is 0 Å². The topological polar surface area (TPSA) is 38.0 Å². The first kappa shape index (κ1) is 16.5. The van der Waals surface area contributed by atoms with Crippen molar-refractivity contribution >= 4 is 0 Å². The van der Waals surface area contributed by atoms with Crippen LogP contribution in [0, 0.1) is 11.8 Å². The van der Waals surface area contributed by atoms with Crippen LogP contribution in [-0.2, 0) is 6.42 Å². The van der Waals surface area contributed by atoms with Crippen LogP contribution < -0.4 is 11.3 Å². The normalized spacial score (nSPS) is 24.0. The first-order valence-electron chi connectivity index (χ1n) is 8.83. The molecule has 0 bridgehead atoms. The largest absolute Gasteiger partial charge is 0.271 e. The fourth-order valence-corrected chi connectivity index (χ4v) is 3.95. The Balaban J connectivity index is 2.01. The molecule has 1 saturated carbocycles. The highest BCUT2D eigenvalue weighted by molar-refractivity contribution is 5.26. The molecule has 21 heavy (non-hydrogen) atoms. The number of hydrogen-bond acceptors (Lipinski definition) is 2. The van der Waals surface area contributed by atoms with Gasteiger partial charge >= 0.3 is 0 Å². The molecule has 118 valence electrons. The van der Waals surface area contributed by atoms with Gasteiger partial charge in [-0.25, -0.2) is 0 Å². The van der Waals surface area contributed by atoms with Gasteiger partial charge in [-0.15, -0.1) is 0 Å². The highest BCUT2D eigenvalue weighted by atomic mass is 15.2. The Morgan fingerprint density at radius 2 is 1.90 bits per heavy atom. The predicted molar refractivity (Wildman–Crippen MR) is 90.9 cm³/mol. The summed E-state index contributed by atoms with van der Waals surface area (Å²) >= 11 is 0. The van der Waals surface area contributed by atoms with Crippen molar-refractivity contribution in [2.45, 2.75) is 71.3 Å². The van der Waals surface area contributed by atoms with E-state index < -0.39 is 0 Å². The lowest BCUT2D eigenvalue weighted by molar-refractivity contribution is 0.215. The van der Waals surface area contributed by atoms with Gasteiger partial charge in [-0.3, -0.25) is 11.3 Å². The number of benzene rings is 1. The minimum absolute atomic E-state index is 0.324. The van der Waals surface area contributed by atoms with E-state index in [9.17, 15) is 0 Å². The zero-order valence-electron chi connectivity index (χ0n) is 13.8. The maximum Gasteiger partial charge on any atom is 0.0488 e. The molecule has 1 aromatic rings. The van der Waals surface area contributed by atoms with Gasteiger partial charge in [-0.2, -0.15) is 0 Å². The number of nitrogens with one attached hydrogen (secondary N) is 1. The average Bonchev–Trinajstić information content (AvgIpc) is 2.51. The van der Waals surface area contributed by atoms with Gasteiger partial charge in [0.15, 0.2) is 0 Å². The summed E-state index contributed by atoms with van der Waals surface area (Å²) in [5.74, 6) is 7.55. The van der Waals surface area contributed by atoms with E-state index >= 15 is 0 Å². The lowest BCUT2D eigenvalue weighted by Crippen LogP contribution is -2.35. The van der Waals surface area contributed by atoms with Crippen LogP contribution in [-0.4, -0.2) is 0 Å². The van der Waals surface area contributed by atoms with Crippen molar-refractivity contribution in [1.82, 2.24) is 5.43 Å². The van der Waals surface area contributed by atoms with Gasteiger partial charge in [0.25, 0.3) is 0 Å². The lowest BCUT2D eigenvalue weighted by Gasteiger charge is -2.34. The molecule has 3 N–H and O–H groups in total. The van der Waals surface area contributed by atoms with E-state index in [0.717, 1.165) is 12.3 Å². The Hall–Kier alpha value is -0.860. The summed E-state index contributed by atoms with van der Waals surface area (Å²) in [5.41, 5.74) is 5.92. The SMILES string of the molecule is CCCc1cccc(C(NN)C2CCC(CCC)CC2)c1.